The molecular formula is C9H8Br2O3S. The Labute approximate surface area is 105 Å². The number of sulfone groups is 1. The lowest BCUT2D eigenvalue weighted by atomic mass is 10.1. The lowest BCUT2D eigenvalue weighted by molar-refractivity contribution is 0.101. The fourth-order valence-electron chi connectivity index (χ4n) is 0.940. The molecule has 82 valence electrons. The smallest absolute Gasteiger partial charge is 0.191 e. The predicted octanol–water partition coefficient (Wildman–Crippen LogP) is 2.40. The highest BCUT2D eigenvalue weighted by Gasteiger charge is 2.26. The van der Waals surface area contributed by atoms with E-state index in [1.165, 1.54) is 0 Å². The highest BCUT2D eigenvalue weighted by Crippen LogP contribution is 2.17. The Morgan fingerprint density at radius 2 is 1.73 bits per heavy atom. The van der Waals surface area contributed by atoms with Gasteiger partial charge in [-0.05, 0) is 12.1 Å². The average molecular weight is 356 g/mol. The number of benzene rings is 1. The van der Waals surface area contributed by atoms with Crippen LogP contribution in [-0.4, -0.2) is 24.6 Å². The molecule has 0 spiro atoms. The number of hydrogen-bond donors (Lipinski definition) is 0. The molecule has 6 heteroatoms. The van der Waals surface area contributed by atoms with Crippen LogP contribution in [0.15, 0.2) is 28.7 Å². The Balaban J connectivity index is 3.01. The first-order chi connectivity index (χ1) is 6.82. The zero-order chi connectivity index (χ0) is 11.6. The van der Waals surface area contributed by atoms with Crippen molar-refractivity contribution in [3.05, 3.63) is 34.3 Å². The van der Waals surface area contributed by atoms with E-state index in [-0.39, 0.29) is 0 Å². The summed E-state index contributed by atoms with van der Waals surface area (Å²) in [7, 11) is -3.40. The van der Waals surface area contributed by atoms with E-state index in [0.29, 0.717) is 5.56 Å². The fourth-order valence-corrected chi connectivity index (χ4v) is 1.99. The molecule has 3 nitrogen and oxygen atoms in total. The summed E-state index contributed by atoms with van der Waals surface area (Å²) in [6.07, 6.45) is 1.02. The molecular weight excluding hydrogens is 348 g/mol. The summed E-state index contributed by atoms with van der Waals surface area (Å²) in [5.41, 5.74) is 0.366. The van der Waals surface area contributed by atoms with E-state index in [1.807, 2.05) is 0 Å². The zero-order valence-electron chi connectivity index (χ0n) is 7.78. The molecule has 0 aliphatic carbocycles. The van der Waals surface area contributed by atoms with Gasteiger partial charge in [0.25, 0.3) is 0 Å². The second kappa shape index (κ2) is 4.76. The number of rotatable bonds is 3. The van der Waals surface area contributed by atoms with E-state index in [4.69, 9.17) is 0 Å². The van der Waals surface area contributed by atoms with Crippen molar-refractivity contribution in [2.24, 2.45) is 0 Å². The maximum absolute atomic E-state index is 11.7. The Bertz CT molecular complexity index is 465. The number of carbonyl (C=O) groups excluding carboxylic acids is 1. The van der Waals surface area contributed by atoms with E-state index < -0.39 is 19.8 Å². The third-order valence-electron chi connectivity index (χ3n) is 1.71. The van der Waals surface area contributed by atoms with Crippen LogP contribution in [0.2, 0.25) is 0 Å². The number of halogens is 2. The van der Waals surface area contributed by atoms with E-state index in [9.17, 15) is 13.2 Å². The van der Waals surface area contributed by atoms with Gasteiger partial charge in [0.1, 0.15) is 0 Å². The van der Waals surface area contributed by atoms with Gasteiger partial charge in [0.05, 0.1) is 0 Å². The van der Waals surface area contributed by atoms with Crippen LogP contribution < -0.4 is 0 Å². The lowest BCUT2D eigenvalue weighted by Gasteiger charge is -2.06. The highest BCUT2D eigenvalue weighted by molar-refractivity contribution is 9.11. The second-order valence-electron chi connectivity index (χ2n) is 3.02. The maximum atomic E-state index is 11.7. The third kappa shape index (κ3) is 3.39. The van der Waals surface area contributed by atoms with Crippen LogP contribution in [0.5, 0.6) is 0 Å². The van der Waals surface area contributed by atoms with Crippen molar-refractivity contribution in [2.45, 2.75) is 4.16 Å². The standard InChI is InChI=1S/C9H8Br2O3S/c1-15(13,14)9(11)8(12)6-2-4-7(10)5-3-6/h2-5,9H,1H3. The van der Waals surface area contributed by atoms with Gasteiger partial charge in [0.2, 0.25) is 0 Å². The van der Waals surface area contributed by atoms with Crippen molar-refractivity contribution in [2.75, 3.05) is 6.26 Å². The molecule has 1 atom stereocenters. The minimum absolute atomic E-state index is 0.366. The average Bonchev–Trinajstić information content (AvgIpc) is 2.15. The van der Waals surface area contributed by atoms with Crippen molar-refractivity contribution < 1.29 is 13.2 Å². The van der Waals surface area contributed by atoms with Gasteiger partial charge in [-0.2, -0.15) is 0 Å². The van der Waals surface area contributed by atoms with E-state index in [0.717, 1.165) is 10.7 Å². The largest absolute Gasteiger partial charge is 0.292 e. The topological polar surface area (TPSA) is 51.2 Å². The number of carbonyl (C=O) groups is 1. The summed E-state index contributed by atoms with van der Waals surface area (Å²) in [6, 6.07) is 6.53. The van der Waals surface area contributed by atoms with Crippen LogP contribution in [0.3, 0.4) is 0 Å². The minimum Gasteiger partial charge on any atom is -0.292 e. The zero-order valence-corrected chi connectivity index (χ0v) is 11.8. The molecule has 0 saturated heterocycles. The molecule has 1 aromatic rings. The van der Waals surface area contributed by atoms with Crippen LogP contribution >= 0.6 is 31.9 Å². The Morgan fingerprint density at radius 3 is 2.13 bits per heavy atom. The maximum Gasteiger partial charge on any atom is 0.191 e. The summed E-state index contributed by atoms with van der Waals surface area (Å²) in [5.74, 6) is -0.454. The molecule has 0 aliphatic rings. The third-order valence-corrected chi connectivity index (χ3v) is 5.66. The molecule has 0 bridgehead atoms. The van der Waals surface area contributed by atoms with Crippen molar-refractivity contribution in [3.8, 4) is 0 Å². The SMILES string of the molecule is CS(=O)(=O)C(Br)C(=O)c1ccc(Br)cc1. The highest BCUT2D eigenvalue weighted by atomic mass is 79.9. The molecule has 1 rings (SSSR count). The molecule has 0 amide bonds. The minimum atomic E-state index is -3.40. The first-order valence-corrected chi connectivity index (χ1v) is 7.61. The molecule has 1 aromatic carbocycles. The number of Topliss-reactive ketones (excluding diaryl/α,β-unsaturated/α-hetero) is 1. The van der Waals surface area contributed by atoms with Crippen LogP contribution in [0, 0.1) is 0 Å². The van der Waals surface area contributed by atoms with Gasteiger partial charge in [-0.1, -0.05) is 44.0 Å². The van der Waals surface area contributed by atoms with Gasteiger partial charge >= 0.3 is 0 Å². The van der Waals surface area contributed by atoms with Gasteiger partial charge in [-0.3, -0.25) is 4.79 Å². The lowest BCUT2D eigenvalue weighted by Crippen LogP contribution is -2.23. The Hall–Kier alpha value is -0.200. The van der Waals surface area contributed by atoms with E-state index in [1.54, 1.807) is 24.3 Å². The van der Waals surface area contributed by atoms with E-state index in [2.05, 4.69) is 31.9 Å². The van der Waals surface area contributed by atoms with Gasteiger partial charge in [0, 0.05) is 16.3 Å². The van der Waals surface area contributed by atoms with Gasteiger partial charge < -0.3 is 0 Å². The van der Waals surface area contributed by atoms with Gasteiger partial charge in [-0.25, -0.2) is 8.42 Å². The summed E-state index contributed by atoms with van der Waals surface area (Å²) in [4.78, 5) is 11.7. The van der Waals surface area contributed by atoms with Gasteiger partial charge in [-0.15, -0.1) is 0 Å². The van der Waals surface area contributed by atoms with Crippen molar-refractivity contribution >= 4 is 47.5 Å². The molecule has 1 unspecified atom stereocenters. The molecule has 0 fully saturated rings. The second-order valence-corrected chi connectivity index (χ2v) is 7.58. The quantitative estimate of drug-likeness (QED) is 0.618. The monoisotopic (exact) mass is 354 g/mol. The van der Waals surface area contributed by atoms with Crippen LogP contribution in [0.1, 0.15) is 10.4 Å². The van der Waals surface area contributed by atoms with Crippen LogP contribution in [-0.2, 0) is 9.84 Å². The Morgan fingerprint density at radius 1 is 1.27 bits per heavy atom. The molecule has 0 saturated carbocycles. The number of ketones is 1. The summed E-state index contributed by atoms with van der Waals surface area (Å²) in [6.45, 7) is 0. The summed E-state index contributed by atoms with van der Waals surface area (Å²) >= 11 is 6.10. The van der Waals surface area contributed by atoms with Crippen molar-refractivity contribution in [3.63, 3.8) is 0 Å². The van der Waals surface area contributed by atoms with Crippen LogP contribution in [0.25, 0.3) is 0 Å². The molecule has 15 heavy (non-hydrogen) atoms. The Kier molecular flexibility index (Phi) is 4.08. The van der Waals surface area contributed by atoms with Gasteiger partial charge in [0.15, 0.2) is 19.8 Å². The molecule has 0 heterocycles. The molecule has 0 aliphatic heterocycles. The number of alkyl halides is 1. The van der Waals surface area contributed by atoms with Crippen molar-refractivity contribution in [1.82, 2.24) is 0 Å². The van der Waals surface area contributed by atoms with Crippen LogP contribution in [0.4, 0.5) is 0 Å². The normalized spacial score (nSPS) is 13.5. The first-order valence-electron chi connectivity index (χ1n) is 3.95. The van der Waals surface area contributed by atoms with E-state index >= 15 is 0 Å². The molecule has 0 N–H and O–H groups in total. The molecule has 0 aromatic heterocycles. The summed E-state index contributed by atoms with van der Waals surface area (Å²) < 4.78 is 21.9. The number of hydrogen-bond acceptors (Lipinski definition) is 3. The van der Waals surface area contributed by atoms with Crippen molar-refractivity contribution in [1.29, 1.82) is 0 Å². The predicted molar refractivity (Wildman–Crippen MR) is 66.0 cm³/mol. The first kappa shape index (κ1) is 12.9. The summed E-state index contributed by atoms with van der Waals surface area (Å²) in [5, 5.41) is 0. The fraction of sp³-hybridized carbons (Fsp3) is 0.222. The molecule has 0 radical (unpaired) electrons.